The molecule has 0 fully saturated rings. The molecule has 3 nitrogen and oxygen atoms in total. The van der Waals surface area contributed by atoms with Gasteiger partial charge in [0.25, 0.3) is 5.91 Å². The zero-order chi connectivity index (χ0) is 19.5. The van der Waals surface area contributed by atoms with Crippen molar-refractivity contribution in [1.29, 1.82) is 0 Å². The van der Waals surface area contributed by atoms with Crippen LogP contribution in [0.25, 0.3) is 0 Å². The monoisotopic (exact) mass is 390 g/mol. The standard InChI is InChI=1S/C24H23ClN2O/c1-2-3-6-17-9-15-20(16-10-17)27-23(18-11-13-19(25)14-12-18)26-22-8-5-4-7-21(22)24(27)28/h4-5,7-16,23,26H,2-3,6H2,1H3. The number of halogens is 1. The van der Waals surface area contributed by atoms with E-state index in [9.17, 15) is 4.79 Å². The number of anilines is 2. The lowest BCUT2D eigenvalue weighted by atomic mass is 10.0. The molecule has 1 unspecified atom stereocenters. The van der Waals surface area contributed by atoms with Crippen LogP contribution in [-0.4, -0.2) is 5.91 Å². The lowest BCUT2D eigenvalue weighted by molar-refractivity contribution is 0.0975. The summed E-state index contributed by atoms with van der Waals surface area (Å²) in [4.78, 5) is 15.2. The number of nitrogens with zero attached hydrogens (tertiary/aromatic N) is 1. The summed E-state index contributed by atoms with van der Waals surface area (Å²) in [5.74, 6) is -0.00407. The minimum Gasteiger partial charge on any atom is -0.360 e. The Kier molecular flexibility index (Phi) is 5.36. The molecule has 0 radical (unpaired) electrons. The SMILES string of the molecule is CCCCc1ccc(N2C(=O)c3ccccc3NC2c2ccc(Cl)cc2)cc1. The van der Waals surface area contributed by atoms with E-state index < -0.39 is 0 Å². The van der Waals surface area contributed by atoms with Crippen LogP contribution in [-0.2, 0) is 6.42 Å². The number of rotatable bonds is 5. The Balaban J connectivity index is 1.74. The average Bonchev–Trinajstić information content (AvgIpc) is 2.73. The van der Waals surface area contributed by atoms with E-state index in [4.69, 9.17) is 11.6 Å². The Bertz CT molecular complexity index is 967. The molecule has 0 saturated carbocycles. The number of carbonyl (C=O) groups excluding carboxylic acids is 1. The molecule has 28 heavy (non-hydrogen) atoms. The fourth-order valence-corrected chi connectivity index (χ4v) is 3.73. The molecule has 4 heteroatoms. The highest BCUT2D eigenvalue weighted by molar-refractivity contribution is 6.30. The number of hydrogen-bond donors (Lipinski definition) is 1. The first kappa shape index (κ1) is 18.6. The molecule has 0 bridgehead atoms. The first-order valence-corrected chi connectivity index (χ1v) is 10.1. The van der Waals surface area contributed by atoms with Gasteiger partial charge in [0.2, 0.25) is 0 Å². The van der Waals surface area contributed by atoms with Crippen LogP contribution in [0, 0.1) is 0 Å². The van der Waals surface area contributed by atoms with Crippen molar-refractivity contribution in [3.8, 4) is 0 Å². The third-order valence-corrected chi connectivity index (χ3v) is 5.40. The van der Waals surface area contributed by atoms with Crippen molar-refractivity contribution in [2.24, 2.45) is 0 Å². The maximum Gasteiger partial charge on any atom is 0.262 e. The fourth-order valence-electron chi connectivity index (χ4n) is 3.60. The fraction of sp³-hybridized carbons (Fsp3) is 0.208. The van der Waals surface area contributed by atoms with Gasteiger partial charge in [-0.1, -0.05) is 61.3 Å². The van der Waals surface area contributed by atoms with Crippen LogP contribution in [0.3, 0.4) is 0 Å². The Morgan fingerprint density at radius 3 is 2.39 bits per heavy atom. The summed E-state index contributed by atoms with van der Waals surface area (Å²) in [5, 5.41) is 4.20. The van der Waals surface area contributed by atoms with E-state index in [2.05, 4.69) is 24.4 Å². The number of carbonyl (C=O) groups is 1. The number of nitrogens with one attached hydrogen (secondary N) is 1. The van der Waals surface area contributed by atoms with Gasteiger partial charge in [0, 0.05) is 16.4 Å². The van der Waals surface area contributed by atoms with E-state index >= 15 is 0 Å². The topological polar surface area (TPSA) is 32.3 Å². The number of fused-ring (bicyclic) bond motifs is 1. The van der Waals surface area contributed by atoms with Crippen molar-refractivity contribution in [1.82, 2.24) is 0 Å². The van der Waals surface area contributed by atoms with Gasteiger partial charge in [-0.2, -0.15) is 0 Å². The molecule has 1 aliphatic heterocycles. The normalized spacial score (nSPS) is 15.9. The van der Waals surface area contributed by atoms with Crippen LogP contribution in [0.2, 0.25) is 5.02 Å². The lowest BCUT2D eigenvalue weighted by Gasteiger charge is -2.38. The van der Waals surface area contributed by atoms with Crippen molar-refractivity contribution in [2.75, 3.05) is 10.2 Å². The molecule has 1 aliphatic rings. The summed E-state index contributed by atoms with van der Waals surface area (Å²) in [6, 6.07) is 23.6. The van der Waals surface area contributed by atoms with Crippen LogP contribution < -0.4 is 10.2 Å². The molecule has 0 aliphatic carbocycles. The first-order valence-electron chi connectivity index (χ1n) is 9.71. The van der Waals surface area contributed by atoms with E-state index in [0.29, 0.717) is 10.6 Å². The molecule has 1 atom stereocenters. The summed E-state index contributed by atoms with van der Waals surface area (Å²) in [6.07, 6.45) is 3.11. The van der Waals surface area contributed by atoms with Gasteiger partial charge in [0.05, 0.1) is 5.56 Å². The summed E-state index contributed by atoms with van der Waals surface area (Å²) in [7, 11) is 0. The predicted molar refractivity (Wildman–Crippen MR) is 116 cm³/mol. The van der Waals surface area contributed by atoms with Gasteiger partial charge in [0.1, 0.15) is 6.17 Å². The van der Waals surface area contributed by atoms with E-state index in [0.717, 1.165) is 23.4 Å². The van der Waals surface area contributed by atoms with E-state index in [-0.39, 0.29) is 12.1 Å². The van der Waals surface area contributed by atoms with Gasteiger partial charge in [-0.25, -0.2) is 0 Å². The minimum atomic E-state index is -0.291. The Morgan fingerprint density at radius 1 is 0.964 bits per heavy atom. The Morgan fingerprint density at radius 2 is 1.68 bits per heavy atom. The highest BCUT2D eigenvalue weighted by Crippen LogP contribution is 2.37. The molecule has 142 valence electrons. The molecule has 3 aromatic rings. The zero-order valence-electron chi connectivity index (χ0n) is 15.9. The molecule has 4 rings (SSSR count). The number of amides is 1. The van der Waals surface area contributed by atoms with Gasteiger partial charge in [-0.15, -0.1) is 0 Å². The second kappa shape index (κ2) is 8.07. The number of benzene rings is 3. The van der Waals surface area contributed by atoms with Gasteiger partial charge < -0.3 is 5.32 Å². The van der Waals surface area contributed by atoms with Gasteiger partial charge in [-0.05, 0) is 60.4 Å². The smallest absolute Gasteiger partial charge is 0.262 e. The quantitative estimate of drug-likeness (QED) is 0.542. The number of unbranched alkanes of at least 4 members (excludes halogenated alkanes) is 1. The molecule has 1 amide bonds. The second-order valence-electron chi connectivity index (χ2n) is 7.09. The number of hydrogen-bond acceptors (Lipinski definition) is 2. The Hall–Kier alpha value is -2.78. The van der Waals surface area contributed by atoms with Crippen LogP contribution in [0.1, 0.15) is 47.4 Å². The van der Waals surface area contributed by atoms with E-state index in [1.54, 1.807) is 0 Å². The Labute approximate surface area is 171 Å². The molecule has 1 N–H and O–H groups in total. The third kappa shape index (κ3) is 3.63. The van der Waals surface area contributed by atoms with Gasteiger partial charge in [-0.3, -0.25) is 9.69 Å². The first-order chi connectivity index (χ1) is 13.7. The van der Waals surface area contributed by atoms with Crippen molar-refractivity contribution in [2.45, 2.75) is 32.4 Å². The van der Waals surface area contributed by atoms with Crippen LogP contribution >= 0.6 is 11.6 Å². The van der Waals surface area contributed by atoms with Gasteiger partial charge in [0.15, 0.2) is 0 Å². The lowest BCUT2D eigenvalue weighted by Crippen LogP contribution is -2.43. The molecule has 0 spiro atoms. The van der Waals surface area contributed by atoms with Crippen molar-refractivity contribution in [3.63, 3.8) is 0 Å². The maximum atomic E-state index is 13.4. The summed E-state index contributed by atoms with van der Waals surface area (Å²) >= 11 is 6.07. The highest BCUT2D eigenvalue weighted by atomic mass is 35.5. The number of aryl methyl sites for hydroxylation is 1. The number of para-hydroxylation sites is 1. The highest BCUT2D eigenvalue weighted by Gasteiger charge is 2.33. The maximum absolute atomic E-state index is 13.4. The van der Waals surface area contributed by atoms with Gasteiger partial charge >= 0.3 is 0 Å². The van der Waals surface area contributed by atoms with Crippen LogP contribution in [0.4, 0.5) is 11.4 Å². The molecular formula is C24H23ClN2O. The third-order valence-electron chi connectivity index (χ3n) is 5.15. The van der Waals surface area contributed by atoms with E-state index in [1.165, 1.54) is 18.4 Å². The molecule has 0 saturated heterocycles. The predicted octanol–water partition coefficient (Wildman–Crippen LogP) is 6.45. The molecule has 3 aromatic carbocycles. The largest absolute Gasteiger partial charge is 0.360 e. The van der Waals surface area contributed by atoms with E-state index in [1.807, 2.05) is 65.6 Å². The summed E-state index contributed by atoms with van der Waals surface area (Å²) in [6.45, 7) is 2.20. The van der Waals surface area contributed by atoms with Crippen molar-refractivity contribution >= 4 is 28.9 Å². The van der Waals surface area contributed by atoms with Crippen molar-refractivity contribution < 1.29 is 4.79 Å². The summed E-state index contributed by atoms with van der Waals surface area (Å²) in [5.41, 5.74) is 4.70. The van der Waals surface area contributed by atoms with Crippen LogP contribution in [0.5, 0.6) is 0 Å². The molecular weight excluding hydrogens is 368 g/mol. The zero-order valence-corrected chi connectivity index (χ0v) is 16.6. The second-order valence-corrected chi connectivity index (χ2v) is 7.53. The van der Waals surface area contributed by atoms with Crippen molar-refractivity contribution in [3.05, 3.63) is 94.5 Å². The molecule has 1 heterocycles. The minimum absolute atomic E-state index is 0.00407. The van der Waals surface area contributed by atoms with Crippen LogP contribution in [0.15, 0.2) is 72.8 Å². The molecule has 0 aromatic heterocycles. The summed E-state index contributed by atoms with van der Waals surface area (Å²) < 4.78 is 0. The average molecular weight is 391 g/mol.